The average molecular weight is 297 g/mol. The normalized spacial score (nSPS) is 10.2. The second-order valence-electron chi connectivity index (χ2n) is 4.60. The Labute approximate surface area is 125 Å². The summed E-state index contributed by atoms with van der Waals surface area (Å²) >= 11 is 5.83. The summed E-state index contributed by atoms with van der Waals surface area (Å²) in [5, 5.41) is 3.45. The summed E-state index contributed by atoms with van der Waals surface area (Å²) < 4.78 is 0. The van der Waals surface area contributed by atoms with Crippen LogP contribution in [0.1, 0.15) is 33.1 Å². The molecule has 0 saturated carbocycles. The van der Waals surface area contributed by atoms with Gasteiger partial charge < -0.3 is 10.2 Å². The first kappa shape index (κ1) is 16.5. The average Bonchev–Trinajstić information content (AvgIpc) is 2.42. The van der Waals surface area contributed by atoms with Crippen LogP contribution in [-0.4, -0.2) is 24.9 Å². The van der Waals surface area contributed by atoms with Gasteiger partial charge >= 0.3 is 0 Å². The summed E-state index contributed by atoms with van der Waals surface area (Å²) in [7, 11) is 0. The third-order valence-electron chi connectivity index (χ3n) is 2.93. The van der Waals surface area contributed by atoms with Crippen LogP contribution >= 0.6 is 11.6 Å². The van der Waals surface area contributed by atoms with Gasteiger partial charge in [-0.15, -0.1) is 0 Å². The highest BCUT2D eigenvalue weighted by atomic mass is 35.5. The van der Waals surface area contributed by atoms with E-state index in [4.69, 9.17) is 11.6 Å². The van der Waals surface area contributed by atoms with Crippen molar-refractivity contribution in [2.24, 2.45) is 0 Å². The molecule has 110 valence electrons. The van der Waals surface area contributed by atoms with Gasteiger partial charge in [-0.2, -0.15) is 0 Å². The van der Waals surface area contributed by atoms with E-state index >= 15 is 0 Å². The van der Waals surface area contributed by atoms with E-state index in [0.717, 1.165) is 18.5 Å². The summed E-state index contributed by atoms with van der Waals surface area (Å²) in [4.78, 5) is 24.8. The van der Waals surface area contributed by atoms with E-state index in [2.05, 4.69) is 5.32 Å². The van der Waals surface area contributed by atoms with Crippen molar-refractivity contribution in [3.63, 3.8) is 0 Å². The topological polar surface area (TPSA) is 49.4 Å². The lowest BCUT2D eigenvalue weighted by atomic mass is 10.2. The van der Waals surface area contributed by atoms with E-state index in [9.17, 15) is 9.59 Å². The molecule has 20 heavy (non-hydrogen) atoms. The fourth-order valence-corrected chi connectivity index (χ4v) is 1.95. The molecule has 1 aromatic carbocycles. The summed E-state index contributed by atoms with van der Waals surface area (Å²) in [6.07, 6.45) is 2.43. The van der Waals surface area contributed by atoms with Gasteiger partial charge in [0.15, 0.2) is 0 Å². The van der Waals surface area contributed by atoms with Crippen molar-refractivity contribution in [2.45, 2.75) is 33.1 Å². The lowest BCUT2D eigenvalue weighted by molar-refractivity contribution is -0.121. The van der Waals surface area contributed by atoms with E-state index in [1.807, 2.05) is 6.92 Å². The largest absolute Gasteiger partial charge is 0.354 e. The molecule has 0 aliphatic heterocycles. The molecule has 0 aliphatic rings. The van der Waals surface area contributed by atoms with E-state index in [-0.39, 0.29) is 11.8 Å². The van der Waals surface area contributed by atoms with Crippen molar-refractivity contribution >= 4 is 29.1 Å². The number of amides is 2. The molecule has 0 aromatic heterocycles. The number of nitrogens with zero attached hydrogens (tertiary/aromatic N) is 1. The van der Waals surface area contributed by atoms with Crippen LogP contribution in [-0.2, 0) is 9.59 Å². The molecule has 0 bridgehead atoms. The van der Waals surface area contributed by atoms with Crippen molar-refractivity contribution in [1.29, 1.82) is 0 Å². The highest BCUT2D eigenvalue weighted by molar-refractivity contribution is 6.30. The predicted molar refractivity (Wildman–Crippen MR) is 82.0 cm³/mol. The van der Waals surface area contributed by atoms with Gasteiger partial charge in [0, 0.05) is 37.1 Å². The lowest BCUT2D eigenvalue weighted by Gasteiger charge is -2.21. The monoisotopic (exact) mass is 296 g/mol. The Bertz CT molecular complexity index is 446. The fraction of sp³-hybridized carbons (Fsp3) is 0.467. The maximum absolute atomic E-state index is 11.7. The molecular weight excluding hydrogens is 276 g/mol. The van der Waals surface area contributed by atoms with Crippen LogP contribution in [0, 0.1) is 0 Å². The van der Waals surface area contributed by atoms with Crippen molar-refractivity contribution in [1.82, 2.24) is 5.32 Å². The van der Waals surface area contributed by atoms with Crippen molar-refractivity contribution in [3.8, 4) is 0 Å². The minimum atomic E-state index is -0.0601. The van der Waals surface area contributed by atoms with Gasteiger partial charge in [0.2, 0.25) is 11.8 Å². The maximum atomic E-state index is 11.7. The van der Waals surface area contributed by atoms with Crippen LogP contribution in [0.3, 0.4) is 0 Å². The molecule has 0 saturated heterocycles. The molecule has 1 N–H and O–H groups in total. The Morgan fingerprint density at radius 3 is 2.45 bits per heavy atom. The molecule has 0 unspecified atom stereocenters. The minimum absolute atomic E-state index is 0.0338. The van der Waals surface area contributed by atoms with Gasteiger partial charge in [-0.25, -0.2) is 0 Å². The van der Waals surface area contributed by atoms with Crippen LogP contribution in [0.2, 0.25) is 5.02 Å². The van der Waals surface area contributed by atoms with Crippen LogP contribution < -0.4 is 10.2 Å². The minimum Gasteiger partial charge on any atom is -0.354 e. The number of rotatable bonds is 7. The number of nitrogens with one attached hydrogen (secondary N) is 1. The molecule has 0 radical (unpaired) electrons. The van der Waals surface area contributed by atoms with Gasteiger partial charge in [-0.1, -0.05) is 24.9 Å². The Kier molecular flexibility index (Phi) is 7.09. The number of carbonyl (C=O) groups excluding carboxylic acids is 2. The van der Waals surface area contributed by atoms with Crippen LogP contribution in [0.5, 0.6) is 0 Å². The Morgan fingerprint density at radius 2 is 1.90 bits per heavy atom. The molecule has 0 heterocycles. The molecule has 4 nitrogen and oxygen atoms in total. The number of carbonyl (C=O) groups is 2. The highest BCUT2D eigenvalue weighted by Crippen LogP contribution is 2.17. The number of unbranched alkanes of at least 4 members (excludes halogenated alkanes) is 1. The second-order valence-corrected chi connectivity index (χ2v) is 5.04. The van der Waals surface area contributed by atoms with E-state index in [1.165, 1.54) is 6.92 Å². The van der Waals surface area contributed by atoms with E-state index < -0.39 is 0 Å². The molecular formula is C15H21ClN2O2. The SMILES string of the molecule is CCCCC(=O)NCCN(C(C)=O)c1ccc(Cl)cc1. The van der Waals surface area contributed by atoms with Crippen molar-refractivity contribution in [2.75, 3.05) is 18.0 Å². The van der Waals surface area contributed by atoms with Gasteiger partial charge in [-0.05, 0) is 30.7 Å². The fourth-order valence-electron chi connectivity index (χ4n) is 1.82. The smallest absolute Gasteiger partial charge is 0.223 e. The molecule has 1 aromatic rings. The van der Waals surface area contributed by atoms with Gasteiger partial charge in [0.05, 0.1) is 0 Å². The highest BCUT2D eigenvalue weighted by Gasteiger charge is 2.11. The maximum Gasteiger partial charge on any atom is 0.223 e. The van der Waals surface area contributed by atoms with Crippen molar-refractivity contribution in [3.05, 3.63) is 29.3 Å². The number of halogens is 1. The molecule has 5 heteroatoms. The van der Waals surface area contributed by atoms with Crippen LogP contribution in [0.4, 0.5) is 5.69 Å². The summed E-state index contributed by atoms with van der Waals surface area (Å²) in [6.45, 7) is 4.46. The zero-order chi connectivity index (χ0) is 15.0. The first-order valence-electron chi connectivity index (χ1n) is 6.85. The third kappa shape index (κ3) is 5.61. The number of hydrogen-bond acceptors (Lipinski definition) is 2. The molecule has 0 spiro atoms. The van der Waals surface area contributed by atoms with E-state index in [0.29, 0.717) is 24.5 Å². The number of benzene rings is 1. The zero-order valence-electron chi connectivity index (χ0n) is 12.0. The first-order valence-corrected chi connectivity index (χ1v) is 7.22. The molecule has 0 aliphatic carbocycles. The molecule has 2 amide bonds. The Hall–Kier alpha value is -1.55. The predicted octanol–water partition coefficient (Wildman–Crippen LogP) is 3.00. The Morgan fingerprint density at radius 1 is 1.25 bits per heavy atom. The molecule has 1 rings (SSSR count). The second kappa shape index (κ2) is 8.59. The van der Waals surface area contributed by atoms with Crippen LogP contribution in [0.15, 0.2) is 24.3 Å². The zero-order valence-corrected chi connectivity index (χ0v) is 12.7. The van der Waals surface area contributed by atoms with Gasteiger partial charge in [-0.3, -0.25) is 9.59 Å². The molecule has 0 atom stereocenters. The Balaban J connectivity index is 2.50. The quantitative estimate of drug-likeness (QED) is 0.841. The standard InChI is InChI=1S/C15H21ClN2O2/c1-3-4-5-15(20)17-10-11-18(12(2)19)14-8-6-13(16)7-9-14/h6-9H,3-5,10-11H2,1-2H3,(H,17,20). The third-order valence-corrected chi connectivity index (χ3v) is 3.19. The van der Waals surface area contributed by atoms with Crippen LogP contribution in [0.25, 0.3) is 0 Å². The van der Waals surface area contributed by atoms with E-state index in [1.54, 1.807) is 29.2 Å². The lowest BCUT2D eigenvalue weighted by Crippen LogP contribution is -2.37. The first-order chi connectivity index (χ1) is 9.54. The number of anilines is 1. The molecule has 0 fully saturated rings. The van der Waals surface area contributed by atoms with Gasteiger partial charge in [0.25, 0.3) is 0 Å². The van der Waals surface area contributed by atoms with Gasteiger partial charge in [0.1, 0.15) is 0 Å². The summed E-state index contributed by atoms with van der Waals surface area (Å²) in [5.74, 6) is -0.0263. The summed E-state index contributed by atoms with van der Waals surface area (Å²) in [5.41, 5.74) is 0.782. The summed E-state index contributed by atoms with van der Waals surface area (Å²) in [6, 6.07) is 7.07. The number of hydrogen-bond donors (Lipinski definition) is 1. The van der Waals surface area contributed by atoms with Crippen molar-refractivity contribution < 1.29 is 9.59 Å².